The molecule has 1 atom stereocenters. The van der Waals surface area contributed by atoms with E-state index in [1.807, 2.05) is 24.3 Å². The van der Waals surface area contributed by atoms with E-state index in [1.54, 1.807) is 0 Å². The zero-order valence-electron chi connectivity index (χ0n) is 13.9. The van der Waals surface area contributed by atoms with Crippen LogP contribution in [0.2, 0.25) is 0 Å². The maximum atomic E-state index is 9.58. The minimum atomic E-state index is 0.0549. The van der Waals surface area contributed by atoms with Crippen molar-refractivity contribution < 1.29 is 5.11 Å². The van der Waals surface area contributed by atoms with E-state index < -0.39 is 0 Å². The van der Waals surface area contributed by atoms with Crippen LogP contribution in [0.25, 0.3) is 11.1 Å². The molecule has 0 spiro atoms. The summed E-state index contributed by atoms with van der Waals surface area (Å²) >= 11 is 0. The van der Waals surface area contributed by atoms with Crippen LogP contribution in [-0.2, 0) is 12.8 Å². The molecule has 1 heterocycles. The molecule has 3 rings (SSSR count). The summed E-state index contributed by atoms with van der Waals surface area (Å²) in [5.41, 5.74) is 17.2. The molecule has 0 aliphatic heterocycles. The Morgan fingerprint density at radius 1 is 1.28 bits per heavy atom. The smallest absolute Gasteiger partial charge is 0.142 e. The van der Waals surface area contributed by atoms with Crippen molar-refractivity contribution in [2.75, 3.05) is 12.3 Å². The molecule has 5 heteroatoms. The highest BCUT2D eigenvalue weighted by Crippen LogP contribution is 2.35. The molecule has 126 valence electrons. The first kappa shape index (κ1) is 17.0. The summed E-state index contributed by atoms with van der Waals surface area (Å²) in [5.74, 6) is 6.18. The lowest BCUT2D eigenvalue weighted by atomic mass is 9.84. The lowest BCUT2D eigenvalue weighted by Gasteiger charge is -2.24. The number of rotatable bonds is 2. The number of aliphatic hydroxyl groups is 1. The Balaban J connectivity index is 2.09. The number of nitrogens with zero attached hydrogens (tertiary/aromatic N) is 2. The van der Waals surface area contributed by atoms with Crippen molar-refractivity contribution in [2.24, 2.45) is 5.73 Å². The Kier molecular flexibility index (Phi) is 5.00. The monoisotopic (exact) mass is 332 g/mol. The van der Waals surface area contributed by atoms with Crippen LogP contribution in [0.3, 0.4) is 0 Å². The number of aryl methyl sites for hydroxylation is 1. The van der Waals surface area contributed by atoms with Crippen LogP contribution in [-0.4, -0.2) is 22.7 Å². The van der Waals surface area contributed by atoms with Crippen molar-refractivity contribution in [1.29, 1.82) is 5.26 Å². The molecule has 0 amide bonds. The van der Waals surface area contributed by atoms with Gasteiger partial charge in [-0.3, -0.25) is 0 Å². The molecule has 0 radical (unpaired) electrons. The normalized spacial score (nSPS) is 15.6. The Morgan fingerprint density at radius 2 is 2.04 bits per heavy atom. The highest BCUT2D eigenvalue weighted by molar-refractivity contribution is 5.79. The molecule has 0 fully saturated rings. The molecular weight excluding hydrogens is 312 g/mol. The Bertz CT molecular complexity index is 885. The van der Waals surface area contributed by atoms with Crippen molar-refractivity contribution in [3.8, 4) is 29.0 Å². The fraction of sp³-hybridized carbons (Fsp3) is 0.300. The molecule has 2 aromatic rings. The van der Waals surface area contributed by atoms with E-state index in [4.69, 9.17) is 16.6 Å². The van der Waals surface area contributed by atoms with Gasteiger partial charge in [0.05, 0.1) is 6.61 Å². The van der Waals surface area contributed by atoms with E-state index in [0.29, 0.717) is 18.4 Å². The molecule has 5 N–H and O–H groups in total. The highest BCUT2D eigenvalue weighted by Gasteiger charge is 2.24. The number of hydrogen-bond acceptors (Lipinski definition) is 5. The predicted molar refractivity (Wildman–Crippen MR) is 97.4 cm³/mol. The molecule has 1 aromatic carbocycles. The summed E-state index contributed by atoms with van der Waals surface area (Å²) in [4.78, 5) is 4.43. The molecule has 25 heavy (non-hydrogen) atoms. The molecular formula is C20H20N4O. The number of nitriles is 1. The first-order valence-corrected chi connectivity index (χ1v) is 8.31. The van der Waals surface area contributed by atoms with Gasteiger partial charge in [0.1, 0.15) is 17.5 Å². The van der Waals surface area contributed by atoms with E-state index in [2.05, 4.69) is 22.9 Å². The minimum Gasteiger partial charge on any atom is -0.395 e. The van der Waals surface area contributed by atoms with Gasteiger partial charge >= 0.3 is 0 Å². The van der Waals surface area contributed by atoms with Gasteiger partial charge in [-0.1, -0.05) is 24.0 Å². The first-order chi connectivity index (χ1) is 12.1. The Morgan fingerprint density at radius 3 is 2.72 bits per heavy atom. The van der Waals surface area contributed by atoms with Gasteiger partial charge in [0.2, 0.25) is 0 Å². The second-order valence-electron chi connectivity index (χ2n) is 6.14. The van der Waals surface area contributed by atoms with Gasteiger partial charge in [0.15, 0.2) is 0 Å². The summed E-state index contributed by atoms with van der Waals surface area (Å²) in [6.07, 6.45) is 2.81. The first-order valence-electron chi connectivity index (χ1n) is 8.31. The highest BCUT2D eigenvalue weighted by atomic mass is 16.2. The third-order valence-corrected chi connectivity index (χ3v) is 4.38. The molecule has 0 bridgehead atoms. The largest absolute Gasteiger partial charge is 0.395 e. The van der Waals surface area contributed by atoms with Gasteiger partial charge in [-0.25, -0.2) is 4.98 Å². The van der Waals surface area contributed by atoms with Crippen LogP contribution in [0, 0.1) is 23.2 Å². The predicted octanol–water partition coefficient (Wildman–Crippen LogP) is 1.75. The fourth-order valence-electron chi connectivity index (χ4n) is 3.18. The fourth-order valence-corrected chi connectivity index (χ4v) is 3.18. The lowest BCUT2D eigenvalue weighted by Crippen LogP contribution is -2.29. The second-order valence-corrected chi connectivity index (χ2v) is 6.14. The van der Waals surface area contributed by atoms with Gasteiger partial charge in [-0.05, 0) is 42.5 Å². The van der Waals surface area contributed by atoms with Crippen molar-refractivity contribution >= 4 is 5.82 Å². The van der Waals surface area contributed by atoms with Gasteiger partial charge in [-0.15, -0.1) is 0 Å². The molecule has 1 aromatic heterocycles. The molecule has 0 saturated heterocycles. The summed E-state index contributed by atoms with van der Waals surface area (Å²) in [6.45, 7) is 0.0549. The average molecular weight is 332 g/mol. The summed E-state index contributed by atoms with van der Waals surface area (Å²) in [7, 11) is 0. The molecule has 5 nitrogen and oxygen atoms in total. The topological polar surface area (TPSA) is 109 Å². The molecule has 0 unspecified atom stereocenters. The van der Waals surface area contributed by atoms with Crippen LogP contribution in [0.1, 0.15) is 35.2 Å². The van der Waals surface area contributed by atoms with Crippen molar-refractivity contribution in [2.45, 2.75) is 31.7 Å². The number of nitrogen functional groups attached to an aromatic ring is 1. The van der Waals surface area contributed by atoms with E-state index >= 15 is 0 Å². The van der Waals surface area contributed by atoms with E-state index in [1.165, 1.54) is 0 Å². The molecule has 1 aliphatic rings. The summed E-state index contributed by atoms with van der Waals surface area (Å²) in [6, 6.07) is 9.98. The number of pyridine rings is 1. The third-order valence-electron chi connectivity index (χ3n) is 4.38. The van der Waals surface area contributed by atoms with Crippen LogP contribution in [0.5, 0.6) is 0 Å². The van der Waals surface area contributed by atoms with E-state index in [0.717, 1.165) is 40.8 Å². The maximum Gasteiger partial charge on any atom is 0.142 e. The number of nitrogens with two attached hydrogens (primary N) is 2. The van der Waals surface area contributed by atoms with Crippen LogP contribution >= 0.6 is 0 Å². The van der Waals surface area contributed by atoms with E-state index in [9.17, 15) is 5.26 Å². The van der Waals surface area contributed by atoms with E-state index in [-0.39, 0.29) is 18.5 Å². The maximum absolute atomic E-state index is 9.58. The number of hydrogen-bond donors (Lipinski definition) is 3. The standard InChI is InChI=1S/C20H20N4O/c21-12-17-19(14-6-4-13(5-7-14)3-1-2-10-25)16-11-15(22)8-9-18(16)24-20(17)23/h4-7,15,25H,2,8-11,22H2,(H2,23,24)/t15-/m1/s1. The van der Waals surface area contributed by atoms with Gasteiger partial charge in [0.25, 0.3) is 0 Å². The van der Waals surface area contributed by atoms with Gasteiger partial charge < -0.3 is 16.6 Å². The minimum absolute atomic E-state index is 0.0549. The lowest BCUT2D eigenvalue weighted by molar-refractivity contribution is 0.305. The van der Waals surface area contributed by atoms with Crippen LogP contribution in [0.4, 0.5) is 5.82 Å². The quantitative estimate of drug-likeness (QED) is 0.726. The van der Waals surface area contributed by atoms with Gasteiger partial charge in [-0.2, -0.15) is 5.26 Å². The van der Waals surface area contributed by atoms with Crippen molar-refractivity contribution in [1.82, 2.24) is 4.98 Å². The number of fused-ring (bicyclic) bond motifs is 1. The number of aliphatic hydroxyl groups excluding tert-OH is 1. The summed E-state index contributed by atoms with van der Waals surface area (Å²) < 4.78 is 0. The Labute approximate surface area is 147 Å². The zero-order valence-corrected chi connectivity index (χ0v) is 13.9. The van der Waals surface area contributed by atoms with Crippen LogP contribution in [0.15, 0.2) is 24.3 Å². The summed E-state index contributed by atoms with van der Waals surface area (Å²) in [5, 5.41) is 18.4. The van der Waals surface area contributed by atoms with Gasteiger partial charge in [0, 0.05) is 29.3 Å². The number of aromatic nitrogens is 1. The zero-order chi connectivity index (χ0) is 17.8. The third kappa shape index (κ3) is 3.49. The van der Waals surface area contributed by atoms with Crippen molar-refractivity contribution in [3.63, 3.8) is 0 Å². The van der Waals surface area contributed by atoms with Crippen LogP contribution < -0.4 is 11.5 Å². The molecule has 0 saturated carbocycles. The number of anilines is 1. The average Bonchev–Trinajstić information content (AvgIpc) is 2.62. The van der Waals surface area contributed by atoms with Crippen molar-refractivity contribution in [3.05, 3.63) is 46.6 Å². The Hall–Kier alpha value is -2.86. The molecule has 1 aliphatic carbocycles. The number of benzene rings is 1. The second kappa shape index (κ2) is 7.36. The SMILES string of the molecule is N#Cc1c(N)nc2c(c1-c1ccc(C#CCCO)cc1)C[C@H](N)CC2.